The summed E-state index contributed by atoms with van der Waals surface area (Å²) in [5.74, 6) is 0. The number of aliphatic hydroxyl groups excluding tert-OH is 1. The first-order chi connectivity index (χ1) is 6.38. The van der Waals surface area contributed by atoms with Crippen LogP contribution in [0.1, 0.15) is 25.7 Å². The van der Waals surface area contributed by atoms with Crippen molar-refractivity contribution < 1.29 is 9.84 Å². The Morgan fingerprint density at radius 1 is 1.08 bits per heavy atom. The van der Waals surface area contributed by atoms with Crippen molar-refractivity contribution >= 4 is 0 Å². The molecule has 13 heavy (non-hydrogen) atoms. The van der Waals surface area contributed by atoms with Gasteiger partial charge in [-0.25, -0.2) is 0 Å². The Bertz CT molecular complexity index is 155. The molecule has 0 spiro atoms. The van der Waals surface area contributed by atoms with Crippen LogP contribution in [0.4, 0.5) is 0 Å². The highest BCUT2D eigenvalue weighted by atomic mass is 16.5. The van der Waals surface area contributed by atoms with Crippen molar-refractivity contribution in [3.8, 4) is 0 Å². The SMILES string of the molecule is O[C@H]1CCC[C@@H]1N1CCCOCC1. The zero-order chi connectivity index (χ0) is 9.10. The summed E-state index contributed by atoms with van der Waals surface area (Å²) in [6.45, 7) is 3.83. The van der Waals surface area contributed by atoms with Crippen LogP contribution in [-0.4, -0.2) is 48.5 Å². The standard InChI is InChI=1S/C10H19NO2/c12-10-4-1-3-9(10)11-5-2-7-13-8-6-11/h9-10,12H,1-8H2/t9-,10-/m0/s1. The first-order valence-electron chi connectivity index (χ1n) is 5.38. The fourth-order valence-corrected chi connectivity index (χ4v) is 2.44. The normalized spacial score (nSPS) is 37.6. The Morgan fingerprint density at radius 3 is 2.77 bits per heavy atom. The van der Waals surface area contributed by atoms with E-state index in [1.807, 2.05) is 0 Å². The monoisotopic (exact) mass is 185 g/mol. The van der Waals surface area contributed by atoms with Gasteiger partial charge in [0.25, 0.3) is 0 Å². The average Bonchev–Trinajstić information content (AvgIpc) is 2.43. The zero-order valence-electron chi connectivity index (χ0n) is 8.11. The summed E-state index contributed by atoms with van der Waals surface area (Å²) in [4.78, 5) is 2.41. The van der Waals surface area contributed by atoms with Crippen LogP contribution in [-0.2, 0) is 4.74 Å². The van der Waals surface area contributed by atoms with Crippen LogP contribution in [0.3, 0.4) is 0 Å². The first kappa shape index (κ1) is 9.44. The van der Waals surface area contributed by atoms with Gasteiger partial charge in [0.15, 0.2) is 0 Å². The Labute approximate surface area is 79.7 Å². The molecule has 0 aromatic carbocycles. The van der Waals surface area contributed by atoms with Crippen molar-refractivity contribution in [1.82, 2.24) is 4.90 Å². The maximum absolute atomic E-state index is 9.75. The third kappa shape index (κ3) is 2.22. The molecule has 2 aliphatic rings. The fraction of sp³-hybridized carbons (Fsp3) is 1.00. The van der Waals surface area contributed by atoms with Crippen molar-refractivity contribution in [1.29, 1.82) is 0 Å². The van der Waals surface area contributed by atoms with Crippen LogP contribution in [0.15, 0.2) is 0 Å². The third-order valence-corrected chi connectivity index (χ3v) is 3.17. The van der Waals surface area contributed by atoms with Crippen molar-refractivity contribution in [2.45, 2.75) is 37.8 Å². The van der Waals surface area contributed by atoms with Crippen LogP contribution >= 0.6 is 0 Å². The zero-order valence-corrected chi connectivity index (χ0v) is 8.11. The van der Waals surface area contributed by atoms with E-state index >= 15 is 0 Å². The summed E-state index contributed by atoms with van der Waals surface area (Å²) in [7, 11) is 0. The van der Waals surface area contributed by atoms with Gasteiger partial charge in [-0.15, -0.1) is 0 Å². The van der Waals surface area contributed by atoms with Gasteiger partial charge < -0.3 is 9.84 Å². The Morgan fingerprint density at radius 2 is 2.00 bits per heavy atom. The molecule has 0 aromatic heterocycles. The van der Waals surface area contributed by atoms with Crippen molar-refractivity contribution in [3.05, 3.63) is 0 Å². The highest BCUT2D eigenvalue weighted by molar-refractivity contribution is 4.85. The van der Waals surface area contributed by atoms with Gasteiger partial charge in [0.05, 0.1) is 12.7 Å². The molecule has 1 aliphatic carbocycles. The third-order valence-electron chi connectivity index (χ3n) is 3.17. The van der Waals surface area contributed by atoms with Crippen molar-refractivity contribution in [3.63, 3.8) is 0 Å². The van der Waals surface area contributed by atoms with Gasteiger partial charge in [-0.2, -0.15) is 0 Å². The summed E-state index contributed by atoms with van der Waals surface area (Å²) in [5, 5.41) is 9.75. The number of nitrogens with zero attached hydrogens (tertiary/aromatic N) is 1. The molecule has 76 valence electrons. The van der Waals surface area contributed by atoms with Gasteiger partial charge in [0.2, 0.25) is 0 Å². The lowest BCUT2D eigenvalue weighted by Crippen LogP contribution is -2.41. The van der Waals surface area contributed by atoms with Crippen molar-refractivity contribution in [2.75, 3.05) is 26.3 Å². The van der Waals surface area contributed by atoms with E-state index in [0.717, 1.165) is 39.1 Å². The van der Waals surface area contributed by atoms with Gasteiger partial charge in [-0.1, -0.05) is 0 Å². The van der Waals surface area contributed by atoms with Gasteiger partial charge in [-0.3, -0.25) is 4.90 Å². The van der Waals surface area contributed by atoms with Gasteiger partial charge in [-0.05, 0) is 25.7 Å². The molecule has 0 aromatic rings. The lowest BCUT2D eigenvalue weighted by atomic mass is 10.1. The molecule has 0 amide bonds. The molecular formula is C10H19NO2. The summed E-state index contributed by atoms with van der Waals surface area (Å²) in [6.07, 6.45) is 4.37. The molecule has 0 unspecified atom stereocenters. The van der Waals surface area contributed by atoms with Crippen LogP contribution < -0.4 is 0 Å². The Kier molecular flexibility index (Phi) is 3.19. The lowest BCUT2D eigenvalue weighted by Gasteiger charge is -2.28. The maximum Gasteiger partial charge on any atom is 0.0695 e. The highest BCUT2D eigenvalue weighted by Gasteiger charge is 2.30. The summed E-state index contributed by atoms with van der Waals surface area (Å²) >= 11 is 0. The van der Waals surface area contributed by atoms with E-state index in [2.05, 4.69) is 4.90 Å². The summed E-state index contributed by atoms with van der Waals surface area (Å²) in [6, 6.07) is 0.418. The molecule has 1 aliphatic heterocycles. The molecule has 3 heteroatoms. The smallest absolute Gasteiger partial charge is 0.0695 e. The second-order valence-electron chi connectivity index (χ2n) is 4.07. The maximum atomic E-state index is 9.75. The number of hydrogen-bond acceptors (Lipinski definition) is 3. The number of hydrogen-bond donors (Lipinski definition) is 1. The van der Waals surface area contributed by atoms with E-state index in [0.29, 0.717) is 6.04 Å². The topological polar surface area (TPSA) is 32.7 Å². The quantitative estimate of drug-likeness (QED) is 0.650. The predicted molar refractivity (Wildman–Crippen MR) is 50.7 cm³/mol. The molecular weight excluding hydrogens is 166 g/mol. The van der Waals surface area contributed by atoms with Crippen molar-refractivity contribution in [2.24, 2.45) is 0 Å². The number of ether oxygens (including phenoxy) is 1. The summed E-state index contributed by atoms with van der Waals surface area (Å²) in [5.41, 5.74) is 0. The van der Waals surface area contributed by atoms with E-state index in [1.54, 1.807) is 0 Å². The van der Waals surface area contributed by atoms with E-state index in [4.69, 9.17) is 4.74 Å². The second-order valence-corrected chi connectivity index (χ2v) is 4.07. The first-order valence-corrected chi connectivity index (χ1v) is 5.38. The number of aliphatic hydroxyl groups is 1. The minimum atomic E-state index is -0.0851. The second kappa shape index (κ2) is 4.40. The van der Waals surface area contributed by atoms with E-state index in [-0.39, 0.29) is 6.10 Å². The van der Waals surface area contributed by atoms with Gasteiger partial charge in [0.1, 0.15) is 0 Å². The molecule has 1 saturated carbocycles. The predicted octanol–water partition coefficient (Wildman–Crippen LogP) is 0.622. The average molecular weight is 185 g/mol. The van der Waals surface area contributed by atoms with Crippen LogP contribution in [0.5, 0.6) is 0 Å². The van der Waals surface area contributed by atoms with Gasteiger partial charge in [0, 0.05) is 25.7 Å². The highest BCUT2D eigenvalue weighted by Crippen LogP contribution is 2.24. The molecule has 0 radical (unpaired) electrons. The molecule has 3 nitrogen and oxygen atoms in total. The summed E-state index contributed by atoms with van der Waals surface area (Å²) < 4.78 is 5.40. The molecule has 2 atom stereocenters. The van der Waals surface area contributed by atoms with E-state index in [1.165, 1.54) is 12.8 Å². The molecule has 0 bridgehead atoms. The molecule has 2 fully saturated rings. The number of rotatable bonds is 1. The lowest BCUT2D eigenvalue weighted by molar-refractivity contribution is 0.0663. The Hall–Kier alpha value is -0.120. The minimum Gasteiger partial charge on any atom is -0.391 e. The fourth-order valence-electron chi connectivity index (χ4n) is 2.44. The van der Waals surface area contributed by atoms with Gasteiger partial charge >= 0.3 is 0 Å². The molecule has 1 heterocycles. The minimum absolute atomic E-state index is 0.0851. The Balaban J connectivity index is 1.89. The molecule has 1 saturated heterocycles. The largest absolute Gasteiger partial charge is 0.391 e. The van der Waals surface area contributed by atoms with Crippen LogP contribution in [0, 0.1) is 0 Å². The van der Waals surface area contributed by atoms with Crippen LogP contribution in [0.25, 0.3) is 0 Å². The van der Waals surface area contributed by atoms with E-state index < -0.39 is 0 Å². The molecule has 2 rings (SSSR count). The van der Waals surface area contributed by atoms with E-state index in [9.17, 15) is 5.11 Å². The molecule has 1 N–H and O–H groups in total. The van der Waals surface area contributed by atoms with Crippen LogP contribution in [0.2, 0.25) is 0 Å².